The molecule has 9 aromatic rings. The Balaban J connectivity index is 0.000000217. The van der Waals surface area contributed by atoms with E-state index in [1.807, 2.05) is 6.07 Å². The van der Waals surface area contributed by atoms with Crippen LogP contribution >= 0.6 is 0 Å². The van der Waals surface area contributed by atoms with Crippen LogP contribution in [0.15, 0.2) is 158 Å². The molecule has 0 amide bonds. The molecule has 7 heteroatoms. The summed E-state index contributed by atoms with van der Waals surface area (Å²) in [6, 6.07) is 55.8. The van der Waals surface area contributed by atoms with E-state index in [9.17, 15) is 22.0 Å². The molecule has 1 aliphatic rings. The van der Waals surface area contributed by atoms with Gasteiger partial charge in [-0.3, -0.25) is 0 Å². The van der Waals surface area contributed by atoms with E-state index in [2.05, 4.69) is 256 Å². The summed E-state index contributed by atoms with van der Waals surface area (Å²) in [5, 5.41) is 1.57. The van der Waals surface area contributed by atoms with Crippen molar-refractivity contribution < 1.29 is 26.7 Å². The molecule has 0 unspecified atom stereocenters. The maximum atomic E-state index is 12.7. The molecule has 0 aromatic heterocycles. The lowest BCUT2D eigenvalue weighted by molar-refractivity contribution is 0.354. The van der Waals surface area contributed by atoms with Gasteiger partial charge in [-0.1, -0.05) is 236 Å². The van der Waals surface area contributed by atoms with Crippen LogP contribution in [0, 0.1) is 133 Å². The van der Waals surface area contributed by atoms with Crippen LogP contribution < -0.4 is 9.92 Å². The van der Waals surface area contributed by atoms with Gasteiger partial charge in [-0.2, -0.15) is 0 Å². The smallest absolute Gasteiger partial charge is 0.165 e. The highest BCUT2D eigenvalue weighted by Crippen LogP contribution is 2.31. The molecule has 0 saturated heterocycles. The molecular weight excluding hydrogens is 1080 g/mol. The minimum absolute atomic E-state index is 0.0856. The first-order valence-electron chi connectivity index (χ1n) is 29.4. The lowest BCUT2D eigenvalue weighted by Crippen LogP contribution is -2.37. The van der Waals surface area contributed by atoms with E-state index in [1.165, 1.54) is 94.6 Å². The number of hydrogen-bond acceptors (Lipinski definition) is 1. The van der Waals surface area contributed by atoms with Gasteiger partial charge in [0.1, 0.15) is 11.6 Å². The third kappa shape index (κ3) is 21.6. The normalized spacial score (nSPS) is 11.2. The predicted molar refractivity (Wildman–Crippen MR) is 358 cm³/mol. The topological polar surface area (TPSA) is 9.23 Å². The summed E-state index contributed by atoms with van der Waals surface area (Å²) in [6.07, 6.45) is 1.08. The van der Waals surface area contributed by atoms with Crippen LogP contribution in [0.4, 0.5) is 22.0 Å². The van der Waals surface area contributed by atoms with Crippen molar-refractivity contribution in [1.29, 1.82) is 0 Å². The van der Waals surface area contributed by atoms with Crippen LogP contribution in [0.25, 0.3) is 22.3 Å². The first-order chi connectivity index (χ1) is 39.7. The molecule has 0 aliphatic carbocycles. The van der Waals surface area contributed by atoms with E-state index in [0.29, 0.717) is 0 Å². The molecule has 0 atom stereocenters. The van der Waals surface area contributed by atoms with Gasteiger partial charge in [-0.25, -0.2) is 22.0 Å². The molecule has 0 radical (unpaired) electrons. The summed E-state index contributed by atoms with van der Waals surface area (Å²) in [6.45, 7) is 43.9. The van der Waals surface area contributed by atoms with Crippen molar-refractivity contribution in [3.63, 3.8) is 0 Å². The van der Waals surface area contributed by atoms with Crippen LogP contribution in [0.2, 0.25) is 19.6 Å². The van der Waals surface area contributed by atoms with E-state index >= 15 is 0 Å². The van der Waals surface area contributed by atoms with Gasteiger partial charge in [0.25, 0.3) is 0 Å². The van der Waals surface area contributed by atoms with Crippen LogP contribution in [0.3, 0.4) is 0 Å². The zero-order chi connectivity index (χ0) is 63.7. The van der Waals surface area contributed by atoms with Gasteiger partial charge in [0, 0.05) is 17.5 Å². The molecule has 450 valence electrons. The first-order valence-corrected chi connectivity index (χ1v) is 32.9. The predicted octanol–water partition coefficient (Wildman–Crippen LogP) is 22.2. The Labute approximate surface area is 509 Å². The first kappa shape index (κ1) is 70.1. The average Bonchev–Trinajstić information content (AvgIpc) is 3.73. The molecular formula is C78H93F5OSi. The van der Waals surface area contributed by atoms with E-state index in [4.69, 9.17) is 4.74 Å². The van der Waals surface area contributed by atoms with Crippen molar-refractivity contribution in [2.24, 2.45) is 0 Å². The second kappa shape index (κ2) is 31.7. The van der Waals surface area contributed by atoms with Crippen molar-refractivity contribution in [2.45, 2.75) is 156 Å². The van der Waals surface area contributed by atoms with Gasteiger partial charge in [0.2, 0.25) is 0 Å². The molecule has 0 bridgehead atoms. The van der Waals surface area contributed by atoms with Crippen molar-refractivity contribution in [3.8, 4) is 28.0 Å². The summed E-state index contributed by atoms with van der Waals surface area (Å²) in [4.78, 5) is 0. The summed E-state index contributed by atoms with van der Waals surface area (Å²) in [5.74, 6) is -4.27. The van der Waals surface area contributed by atoms with Crippen LogP contribution in [0.5, 0.6) is 5.75 Å². The highest BCUT2D eigenvalue weighted by atomic mass is 28.3. The molecule has 0 spiro atoms. The molecule has 1 nitrogen and oxygen atoms in total. The fourth-order valence-corrected chi connectivity index (χ4v) is 11.0. The number of rotatable bonds is 3. The third-order valence-electron chi connectivity index (χ3n) is 14.8. The number of ether oxygens (including phenoxy) is 1. The summed E-state index contributed by atoms with van der Waals surface area (Å²) >= 11 is 0. The van der Waals surface area contributed by atoms with Gasteiger partial charge in [0.15, 0.2) is 23.3 Å². The summed E-state index contributed by atoms with van der Waals surface area (Å²) in [5.41, 5.74) is 23.3. The SMILES string of the molecule is Cc1c(F)c(F)c(C)c(F)c1F.Cc1cc(C)c2c(c1)CCO2.Cc1cc(C)cc(-c2cccc(-c3ccccc3)c2)c1.Cc1cc(C)cc(C(C)(C)C)c1.Cc1cc(C)cc([Si](C)(C)C)c1.Cc1cccc(C)c1C.Cc1cccc(C)c1F. The van der Waals surface area contributed by atoms with Crippen molar-refractivity contribution >= 4 is 13.3 Å². The Morgan fingerprint density at radius 1 is 0.341 bits per heavy atom. The van der Waals surface area contributed by atoms with Crippen molar-refractivity contribution in [1.82, 2.24) is 0 Å². The Morgan fingerprint density at radius 3 is 1.13 bits per heavy atom. The largest absolute Gasteiger partial charge is 0.493 e. The summed E-state index contributed by atoms with van der Waals surface area (Å²) in [7, 11) is -1.10. The van der Waals surface area contributed by atoms with E-state index in [-0.39, 0.29) is 11.2 Å². The van der Waals surface area contributed by atoms with Gasteiger partial charge < -0.3 is 4.74 Å². The molecule has 10 rings (SSSR count). The number of fused-ring (bicyclic) bond motifs is 1. The van der Waals surface area contributed by atoms with Gasteiger partial charge in [0.05, 0.1) is 14.7 Å². The number of hydrogen-bond donors (Lipinski definition) is 0. The van der Waals surface area contributed by atoms with Crippen molar-refractivity contribution in [2.75, 3.05) is 6.61 Å². The minimum atomic E-state index is -1.33. The standard InChI is InChI=1S/C20H18.C12H18.C11H18Si.C10H12O.C9H12.C8H6F4.C8H9F/c1-15-11-16(2)13-20(12-15)19-10-6-9-18(14-19)17-7-4-3-5-8-17;2*1-9-6-10(2)8-11(7-9)12(3,4)5;1-7-5-8(2)10-9(6-7)3-4-11-10;1-7-5-4-6-8(2)9(7)3;1-3-5(9)7(11)4(2)8(12)6(3)10;1-6-4-3-5-7(2)8(6)9/h3-14H,1-2H3;2*6-8H,1-5H3;5-6H,3-4H2,1-2H3;4-6H,1-3H3;1-2H3;3-5H,1-2H3. The fourth-order valence-electron chi connectivity index (χ4n) is 9.71. The second-order valence-electron chi connectivity index (χ2n) is 25.0. The molecule has 0 fully saturated rings. The fraction of sp³-hybridized carbons (Fsp3) is 0.308. The lowest BCUT2D eigenvalue weighted by atomic mass is 9.85. The maximum Gasteiger partial charge on any atom is 0.165 e. The molecule has 85 heavy (non-hydrogen) atoms. The molecule has 1 aliphatic heterocycles. The van der Waals surface area contributed by atoms with Gasteiger partial charge in [-0.15, -0.1) is 0 Å². The highest BCUT2D eigenvalue weighted by Gasteiger charge is 2.20. The molecule has 9 aromatic carbocycles. The van der Waals surface area contributed by atoms with E-state index in [0.717, 1.165) is 43.8 Å². The van der Waals surface area contributed by atoms with Crippen LogP contribution in [-0.4, -0.2) is 14.7 Å². The second-order valence-corrected chi connectivity index (χ2v) is 30.1. The minimum Gasteiger partial charge on any atom is -0.493 e. The maximum absolute atomic E-state index is 12.7. The third-order valence-corrected chi connectivity index (χ3v) is 16.8. The zero-order valence-corrected chi connectivity index (χ0v) is 55.7. The molecule has 0 N–H and O–H groups in total. The highest BCUT2D eigenvalue weighted by molar-refractivity contribution is 6.88. The summed E-state index contributed by atoms with van der Waals surface area (Å²) < 4.78 is 68.8. The average molecular weight is 1170 g/mol. The van der Waals surface area contributed by atoms with Gasteiger partial charge in [-0.05, 0) is 182 Å². The zero-order valence-electron chi connectivity index (χ0n) is 54.7. The van der Waals surface area contributed by atoms with Crippen molar-refractivity contribution in [3.05, 3.63) is 281 Å². The monoisotopic (exact) mass is 1170 g/mol. The Hall–Kier alpha value is -7.35. The Morgan fingerprint density at radius 2 is 0.718 bits per heavy atom. The molecule has 0 saturated carbocycles. The number of halogens is 5. The Kier molecular flexibility index (Phi) is 26.1. The van der Waals surface area contributed by atoms with Crippen LogP contribution in [-0.2, 0) is 11.8 Å². The van der Waals surface area contributed by atoms with E-state index in [1.54, 1.807) is 31.2 Å². The molecule has 1 heterocycles. The van der Waals surface area contributed by atoms with Crippen LogP contribution in [0.1, 0.15) is 115 Å². The van der Waals surface area contributed by atoms with E-state index < -0.39 is 42.5 Å². The lowest BCUT2D eigenvalue weighted by Gasteiger charge is -2.20. The Bertz CT molecular complexity index is 3340. The quantitative estimate of drug-likeness (QED) is 0.0973. The van der Waals surface area contributed by atoms with Gasteiger partial charge >= 0.3 is 0 Å². The number of benzene rings is 9. The number of aryl methyl sites for hydroxylation is 12.